The van der Waals surface area contributed by atoms with E-state index in [-0.39, 0.29) is 16.4 Å². The van der Waals surface area contributed by atoms with Crippen molar-refractivity contribution in [3.8, 4) is 5.75 Å². The van der Waals surface area contributed by atoms with Crippen LogP contribution in [-0.4, -0.2) is 56.7 Å². The van der Waals surface area contributed by atoms with E-state index in [1.165, 1.54) is 48.7 Å². The molecule has 0 radical (unpaired) electrons. The number of benzene rings is 2. The number of ether oxygens (including phenoxy) is 1. The van der Waals surface area contributed by atoms with Crippen molar-refractivity contribution >= 4 is 15.8 Å². The molecule has 1 aliphatic rings. The van der Waals surface area contributed by atoms with Gasteiger partial charge in [-0.2, -0.15) is 4.31 Å². The lowest BCUT2D eigenvalue weighted by atomic mass is 10.2. The van der Waals surface area contributed by atoms with Crippen molar-refractivity contribution in [3.05, 3.63) is 59.4 Å². The number of ketones is 1. The van der Waals surface area contributed by atoms with Crippen LogP contribution in [0, 0.1) is 5.82 Å². The molecule has 0 spiro atoms. The molecule has 0 unspecified atom stereocenters. The van der Waals surface area contributed by atoms with Gasteiger partial charge in [0.25, 0.3) is 0 Å². The molecule has 0 aromatic heterocycles. The summed E-state index contributed by atoms with van der Waals surface area (Å²) in [4.78, 5) is 13.6. The van der Waals surface area contributed by atoms with E-state index in [0.717, 1.165) is 5.56 Å². The summed E-state index contributed by atoms with van der Waals surface area (Å²) >= 11 is 0. The highest BCUT2D eigenvalue weighted by atomic mass is 32.2. The topological polar surface area (TPSA) is 66.9 Å². The number of piperazine rings is 1. The Kier molecular flexibility index (Phi) is 6.12. The summed E-state index contributed by atoms with van der Waals surface area (Å²) in [5.41, 5.74) is 1.30. The molecule has 1 aliphatic heterocycles. The lowest BCUT2D eigenvalue weighted by molar-refractivity contribution is 0.101. The fraction of sp³-hybridized carbons (Fsp3) is 0.350. The van der Waals surface area contributed by atoms with Crippen LogP contribution in [0.5, 0.6) is 5.75 Å². The van der Waals surface area contributed by atoms with E-state index < -0.39 is 15.8 Å². The molecule has 1 heterocycles. The Hall–Kier alpha value is -2.29. The summed E-state index contributed by atoms with van der Waals surface area (Å²) < 4.78 is 45.8. The molecule has 0 atom stereocenters. The normalized spacial score (nSPS) is 16.1. The molecule has 1 saturated heterocycles. The Bertz CT molecular complexity index is 953. The van der Waals surface area contributed by atoms with Crippen LogP contribution in [-0.2, 0) is 16.6 Å². The molecule has 150 valence electrons. The Morgan fingerprint density at radius 2 is 1.71 bits per heavy atom. The molecule has 0 amide bonds. The highest BCUT2D eigenvalue weighted by Gasteiger charge is 2.28. The van der Waals surface area contributed by atoms with E-state index in [1.807, 2.05) is 6.07 Å². The van der Waals surface area contributed by atoms with Gasteiger partial charge >= 0.3 is 0 Å². The summed E-state index contributed by atoms with van der Waals surface area (Å²) in [6, 6.07) is 10.8. The molecule has 1 fully saturated rings. The molecule has 0 aliphatic carbocycles. The highest BCUT2D eigenvalue weighted by Crippen LogP contribution is 2.21. The third kappa shape index (κ3) is 4.40. The zero-order valence-corrected chi connectivity index (χ0v) is 16.7. The number of Topliss-reactive ketones (excluding diaryl/α,β-unsaturated/α-hetero) is 1. The summed E-state index contributed by atoms with van der Waals surface area (Å²) in [7, 11) is -2.18. The minimum atomic E-state index is -3.60. The van der Waals surface area contributed by atoms with Crippen LogP contribution in [0.25, 0.3) is 0 Å². The number of carbonyl (C=O) groups is 1. The number of halogens is 1. The van der Waals surface area contributed by atoms with Gasteiger partial charge in [0.15, 0.2) is 17.3 Å². The first-order valence-corrected chi connectivity index (χ1v) is 10.4. The predicted molar refractivity (Wildman–Crippen MR) is 103 cm³/mol. The first-order valence-electron chi connectivity index (χ1n) is 8.97. The van der Waals surface area contributed by atoms with E-state index in [9.17, 15) is 17.6 Å². The number of nitrogens with zero attached hydrogens (tertiary/aromatic N) is 2. The average molecular weight is 406 g/mol. The first kappa shape index (κ1) is 20.4. The van der Waals surface area contributed by atoms with Crippen molar-refractivity contribution < 1.29 is 22.3 Å². The molecule has 0 bridgehead atoms. The zero-order chi connectivity index (χ0) is 20.3. The van der Waals surface area contributed by atoms with Crippen LogP contribution >= 0.6 is 0 Å². The zero-order valence-electron chi connectivity index (χ0n) is 15.9. The number of rotatable bonds is 6. The second-order valence-corrected chi connectivity index (χ2v) is 8.67. The van der Waals surface area contributed by atoms with Gasteiger partial charge in [-0.05, 0) is 36.8 Å². The lowest BCUT2D eigenvalue weighted by Crippen LogP contribution is -2.48. The third-order valence-electron chi connectivity index (χ3n) is 4.85. The fourth-order valence-electron chi connectivity index (χ4n) is 3.21. The Morgan fingerprint density at radius 1 is 1.07 bits per heavy atom. The Labute approximate surface area is 164 Å². The smallest absolute Gasteiger partial charge is 0.243 e. The number of hydrogen-bond acceptors (Lipinski definition) is 5. The maximum absolute atomic E-state index is 13.8. The molecule has 0 saturated carbocycles. The van der Waals surface area contributed by atoms with Gasteiger partial charge in [-0.3, -0.25) is 9.69 Å². The molecular weight excluding hydrogens is 383 g/mol. The third-order valence-corrected chi connectivity index (χ3v) is 6.77. The largest absolute Gasteiger partial charge is 0.494 e. The minimum absolute atomic E-state index is 0.104. The van der Waals surface area contributed by atoms with Crippen molar-refractivity contribution in [3.63, 3.8) is 0 Å². The first-order chi connectivity index (χ1) is 13.3. The number of hydrogen-bond donors (Lipinski definition) is 0. The van der Waals surface area contributed by atoms with Crippen molar-refractivity contribution in [2.75, 3.05) is 33.3 Å². The Balaban J connectivity index is 1.62. The molecular formula is C20H23FN2O4S. The van der Waals surface area contributed by atoms with E-state index in [0.29, 0.717) is 38.3 Å². The maximum atomic E-state index is 13.8. The van der Waals surface area contributed by atoms with Crippen LogP contribution in [0.4, 0.5) is 4.39 Å². The van der Waals surface area contributed by atoms with Crippen molar-refractivity contribution in [2.24, 2.45) is 0 Å². The second-order valence-electron chi connectivity index (χ2n) is 6.73. The molecule has 2 aromatic carbocycles. The Morgan fingerprint density at radius 3 is 2.25 bits per heavy atom. The number of sulfonamides is 1. The van der Waals surface area contributed by atoms with Gasteiger partial charge in [-0.15, -0.1) is 0 Å². The van der Waals surface area contributed by atoms with Gasteiger partial charge in [-0.1, -0.05) is 18.2 Å². The van der Waals surface area contributed by atoms with E-state index in [4.69, 9.17) is 4.74 Å². The van der Waals surface area contributed by atoms with Crippen LogP contribution in [0.2, 0.25) is 0 Å². The molecule has 28 heavy (non-hydrogen) atoms. The fourth-order valence-corrected chi connectivity index (χ4v) is 4.63. The van der Waals surface area contributed by atoms with Crippen molar-refractivity contribution in [2.45, 2.75) is 18.4 Å². The summed E-state index contributed by atoms with van der Waals surface area (Å²) in [5, 5.41) is 0. The van der Waals surface area contributed by atoms with Crippen molar-refractivity contribution in [1.29, 1.82) is 0 Å². The van der Waals surface area contributed by atoms with E-state index >= 15 is 0 Å². The van der Waals surface area contributed by atoms with Gasteiger partial charge < -0.3 is 4.74 Å². The maximum Gasteiger partial charge on any atom is 0.243 e. The summed E-state index contributed by atoms with van der Waals surface area (Å²) in [6.07, 6.45) is 0. The SMILES string of the molecule is COc1ccc(CN2CCN(S(=O)(=O)c3ccc(C(C)=O)cc3)CC2)cc1F. The van der Waals surface area contributed by atoms with E-state index in [1.54, 1.807) is 6.07 Å². The minimum Gasteiger partial charge on any atom is -0.494 e. The summed E-state index contributed by atoms with van der Waals surface area (Å²) in [6.45, 7) is 3.81. The summed E-state index contributed by atoms with van der Waals surface area (Å²) in [5.74, 6) is -0.307. The second kappa shape index (κ2) is 8.38. The number of carbonyl (C=O) groups excluding carboxylic acids is 1. The molecule has 3 rings (SSSR count). The molecule has 6 nitrogen and oxygen atoms in total. The number of methoxy groups -OCH3 is 1. The van der Waals surface area contributed by atoms with Crippen LogP contribution in [0.3, 0.4) is 0 Å². The average Bonchev–Trinajstić information content (AvgIpc) is 2.68. The predicted octanol–water partition coefficient (Wildman–Crippen LogP) is 2.54. The van der Waals surface area contributed by atoms with Gasteiger partial charge in [0.2, 0.25) is 10.0 Å². The molecule has 2 aromatic rings. The standard InChI is InChI=1S/C20H23FN2O4S/c1-15(24)17-4-6-18(7-5-17)28(25,26)23-11-9-22(10-12-23)14-16-3-8-20(27-2)19(21)13-16/h3-8,13H,9-12,14H2,1-2H3. The van der Waals surface area contributed by atoms with E-state index in [2.05, 4.69) is 4.90 Å². The quantitative estimate of drug-likeness (QED) is 0.690. The molecule has 8 heteroatoms. The van der Waals surface area contributed by atoms with Gasteiger partial charge in [0.05, 0.1) is 12.0 Å². The van der Waals surface area contributed by atoms with Gasteiger partial charge in [-0.25, -0.2) is 12.8 Å². The van der Waals surface area contributed by atoms with Gasteiger partial charge in [0.1, 0.15) is 0 Å². The highest BCUT2D eigenvalue weighted by molar-refractivity contribution is 7.89. The van der Waals surface area contributed by atoms with Crippen LogP contribution in [0.15, 0.2) is 47.4 Å². The lowest BCUT2D eigenvalue weighted by Gasteiger charge is -2.34. The van der Waals surface area contributed by atoms with Crippen LogP contribution < -0.4 is 4.74 Å². The monoisotopic (exact) mass is 406 g/mol. The molecule has 0 N–H and O–H groups in total. The van der Waals surface area contributed by atoms with Gasteiger partial charge in [0, 0.05) is 38.3 Å². The van der Waals surface area contributed by atoms with Crippen LogP contribution in [0.1, 0.15) is 22.8 Å². The van der Waals surface area contributed by atoms with Crippen molar-refractivity contribution in [1.82, 2.24) is 9.21 Å².